The van der Waals surface area contributed by atoms with Gasteiger partial charge in [-0.3, -0.25) is 9.58 Å². The highest BCUT2D eigenvalue weighted by atomic mass is 15.3. The Labute approximate surface area is 108 Å². The summed E-state index contributed by atoms with van der Waals surface area (Å²) in [5.41, 5.74) is 2.75. The predicted octanol–water partition coefficient (Wildman–Crippen LogP) is 2.76. The average molecular weight is 241 g/mol. The van der Waals surface area contributed by atoms with E-state index in [9.17, 15) is 0 Å². The molecule has 0 amide bonds. The van der Waals surface area contributed by atoms with E-state index < -0.39 is 0 Å². The molecule has 1 aliphatic heterocycles. The largest absolute Gasteiger partial charge is 0.292 e. The molecular formula is C15H19N3. The molecule has 0 radical (unpaired) electrons. The van der Waals surface area contributed by atoms with E-state index in [0.29, 0.717) is 6.04 Å². The molecule has 94 valence electrons. The van der Waals surface area contributed by atoms with Gasteiger partial charge in [-0.2, -0.15) is 5.10 Å². The van der Waals surface area contributed by atoms with Crippen LogP contribution in [0.4, 0.5) is 0 Å². The Morgan fingerprint density at radius 1 is 1.28 bits per heavy atom. The first kappa shape index (κ1) is 11.5. The predicted molar refractivity (Wildman–Crippen MR) is 72.0 cm³/mol. The second-order valence-electron chi connectivity index (χ2n) is 5.06. The van der Waals surface area contributed by atoms with Gasteiger partial charge in [-0.15, -0.1) is 0 Å². The average Bonchev–Trinajstić information content (AvgIpc) is 2.99. The maximum atomic E-state index is 4.29. The van der Waals surface area contributed by atoms with Gasteiger partial charge >= 0.3 is 0 Å². The lowest BCUT2D eigenvalue weighted by Crippen LogP contribution is -2.22. The van der Waals surface area contributed by atoms with Gasteiger partial charge in [0, 0.05) is 31.4 Å². The molecule has 1 saturated heterocycles. The topological polar surface area (TPSA) is 21.1 Å². The molecule has 1 atom stereocenters. The highest BCUT2D eigenvalue weighted by Crippen LogP contribution is 2.32. The van der Waals surface area contributed by atoms with E-state index in [1.54, 1.807) is 0 Å². The molecule has 1 fully saturated rings. The van der Waals surface area contributed by atoms with E-state index >= 15 is 0 Å². The van der Waals surface area contributed by atoms with E-state index in [2.05, 4.69) is 46.5 Å². The molecule has 0 saturated carbocycles. The van der Waals surface area contributed by atoms with Crippen LogP contribution in [-0.2, 0) is 13.6 Å². The number of aryl methyl sites for hydroxylation is 1. The van der Waals surface area contributed by atoms with Crippen LogP contribution in [0.15, 0.2) is 42.7 Å². The molecule has 0 N–H and O–H groups in total. The Morgan fingerprint density at radius 3 is 2.83 bits per heavy atom. The fourth-order valence-electron chi connectivity index (χ4n) is 2.82. The summed E-state index contributed by atoms with van der Waals surface area (Å²) in [6.45, 7) is 2.23. The molecule has 1 aromatic carbocycles. The summed E-state index contributed by atoms with van der Waals surface area (Å²) < 4.78 is 1.90. The van der Waals surface area contributed by atoms with Crippen molar-refractivity contribution in [2.24, 2.45) is 7.05 Å². The van der Waals surface area contributed by atoms with Gasteiger partial charge in [-0.1, -0.05) is 30.3 Å². The van der Waals surface area contributed by atoms with Crippen LogP contribution in [0, 0.1) is 0 Å². The third kappa shape index (κ3) is 2.31. The molecule has 1 aromatic heterocycles. The first-order valence-corrected chi connectivity index (χ1v) is 6.59. The van der Waals surface area contributed by atoms with Crippen LogP contribution in [-0.4, -0.2) is 21.2 Å². The van der Waals surface area contributed by atoms with Crippen molar-refractivity contribution in [2.75, 3.05) is 6.54 Å². The molecule has 0 bridgehead atoms. The molecule has 1 aliphatic rings. The van der Waals surface area contributed by atoms with E-state index in [1.165, 1.54) is 30.5 Å². The number of rotatable bonds is 3. The van der Waals surface area contributed by atoms with Gasteiger partial charge in [-0.25, -0.2) is 0 Å². The van der Waals surface area contributed by atoms with E-state index in [-0.39, 0.29) is 0 Å². The van der Waals surface area contributed by atoms with Crippen LogP contribution in [0.5, 0.6) is 0 Å². The van der Waals surface area contributed by atoms with Crippen LogP contribution in [0.3, 0.4) is 0 Å². The smallest absolute Gasteiger partial charge is 0.0537 e. The van der Waals surface area contributed by atoms with E-state index in [0.717, 1.165) is 6.54 Å². The number of likely N-dealkylation sites (tertiary alicyclic amines) is 1. The zero-order chi connectivity index (χ0) is 12.4. The first-order valence-electron chi connectivity index (χ1n) is 6.59. The van der Waals surface area contributed by atoms with Gasteiger partial charge in [-0.05, 0) is 24.9 Å². The molecule has 3 heteroatoms. The molecule has 3 nitrogen and oxygen atoms in total. The third-order valence-electron chi connectivity index (χ3n) is 3.70. The lowest BCUT2D eigenvalue weighted by atomic mass is 10.1. The Bertz CT molecular complexity index is 503. The Morgan fingerprint density at radius 2 is 2.11 bits per heavy atom. The SMILES string of the molecule is Cn1cc([C@@H]2CCCN2Cc2ccccc2)cn1. The van der Waals surface area contributed by atoms with E-state index in [1.807, 2.05) is 17.9 Å². The fraction of sp³-hybridized carbons (Fsp3) is 0.400. The van der Waals surface area contributed by atoms with Gasteiger partial charge in [0.25, 0.3) is 0 Å². The number of hydrogen-bond donors (Lipinski definition) is 0. The maximum Gasteiger partial charge on any atom is 0.0537 e. The summed E-state index contributed by atoms with van der Waals surface area (Å²) in [4.78, 5) is 2.56. The lowest BCUT2D eigenvalue weighted by Gasteiger charge is -2.23. The monoisotopic (exact) mass is 241 g/mol. The van der Waals surface area contributed by atoms with Crippen molar-refractivity contribution in [3.63, 3.8) is 0 Å². The molecule has 2 aromatic rings. The van der Waals surface area contributed by atoms with Crippen molar-refractivity contribution in [3.05, 3.63) is 53.9 Å². The van der Waals surface area contributed by atoms with Crippen LogP contribution in [0.1, 0.15) is 30.0 Å². The second-order valence-corrected chi connectivity index (χ2v) is 5.06. The number of benzene rings is 1. The second kappa shape index (κ2) is 4.94. The molecule has 18 heavy (non-hydrogen) atoms. The number of nitrogens with zero attached hydrogens (tertiary/aromatic N) is 3. The number of aromatic nitrogens is 2. The fourth-order valence-corrected chi connectivity index (χ4v) is 2.82. The molecule has 0 spiro atoms. The molecule has 0 aliphatic carbocycles. The Kier molecular flexibility index (Phi) is 3.15. The summed E-state index contributed by atoms with van der Waals surface area (Å²) in [6, 6.07) is 11.3. The van der Waals surface area contributed by atoms with Crippen LogP contribution >= 0.6 is 0 Å². The highest BCUT2D eigenvalue weighted by molar-refractivity contribution is 5.17. The van der Waals surface area contributed by atoms with Crippen molar-refractivity contribution >= 4 is 0 Å². The summed E-state index contributed by atoms with van der Waals surface area (Å²) in [5.74, 6) is 0. The number of hydrogen-bond acceptors (Lipinski definition) is 2. The summed E-state index contributed by atoms with van der Waals surface area (Å²) >= 11 is 0. The lowest BCUT2D eigenvalue weighted by molar-refractivity contribution is 0.248. The van der Waals surface area contributed by atoms with Crippen molar-refractivity contribution in [1.82, 2.24) is 14.7 Å². The molecule has 2 heterocycles. The molecular weight excluding hydrogens is 222 g/mol. The summed E-state index contributed by atoms with van der Waals surface area (Å²) in [6.07, 6.45) is 6.69. The van der Waals surface area contributed by atoms with E-state index in [4.69, 9.17) is 0 Å². The van der Waals surface area contributed by atoms with Gasteiger partial charge in [0.1, 0.15) is 0 Å². The Hall–Kier alpha value is -1.61. The van der Waals surface area contributed by atoms with Gasteiger partial charge in [0.05, 0.1) is 6.20 Å². The third-order valence-corrected chi connectivity index (χ3v) is 3.70. The Balaban J connectivity index is 1.75. The van der Waals surface area contributed by atoms with Crippen LogP contribution < -0.4 is 0 Å². The minimum Gasteiger partial charge on any atom is -0.292 e. The standard InChI is InChI=1S/C15H19N3/c1-17-12-14(10-16-17)15-8-5-9-18(15)11-13-6-3-2-4-7-13/h2-4,6-7,10,12,15H,5,8-9,11H2,1H3/t15-/m0/s1. The minimum atomic E-state index is 0.541. The van der Waals surface area contributed by atoms with Crippen LogP contribution in [0.25, 0.3) is 0 Å². The van der Waals surface area contributed by atoms with Crippen LogP contribution in [0.2, 0.25) is 0 Å². The van der Waals surface area contributed by atoms with Crippen molar-refractivity contribution in [2.45, 2.75) is 25.4 Å². The van der Waals surface area contributed by atoms with Crippen molar-refractivity contribution < 1.29 is 0 Å². The zero-order valence-corrected chi connectivity index (χ0v) is 10.8. The highest BCUT2D eigenvalue weighted by Gasteiger charge is 2.26. The van der Waals surface area contributed by atoms with Crippen molar-refractivity contribution in [1.29, 1.82) is 0 Å². The van der Waals surface area contributed by atoms with Gasteiger partial charge < -0.3 is 0 Å². The summed E-state index contributed by atoms with van der Waals surface area (Å²) in [7, 11) is 1.99. The molecule has 3 rings (SSSR count). The maximum absolute atomic E-state index is 4.29. The first-order chi connectivity index (χ1) is 8.83. The van der Waals surface area contributed by atoms with Gasteiger partial charge in [0.15, 0.2) is 0 Å². The normalized spacial score (nSPS) is 20.4. The molecule has 0 unspecified atom stereocenters. The van der Waals surface area contributed by atoms with Gasteiger partial charge in [0.2, 0.25) is 0 Å². The minimum absolute atomic E-state index is 0.541. The zero-order valence-electron chi connectivity index (χ0n) is 10.8. The van der Waals surface area contributed by atoms with Crippen molar-refractivity contribution in [3.8, 4) is 0 Å². The summed E-state index contributed by atoms with van der Waals surface area (Å²) in [5, 5.41) is 4.29. The quantitative estimate of drug-likeness (QED) is 0.824.